The Balaban J connectivity index is 2.58. The van der Waals surface area contributed by atoms with E-state index in [1.165, 1.54) is 18.2 Å². The number of nitro groups is 1. The molecule has 0 bridgehead atoms. The second-order valence-corrected chi connectivity index (χ2v) is 5.07. The first-order valence-corrected chi connectivity index (χ1v) is 6.54. The zero-order valence-electron chi connectivity index (χ0n) is 10.8. The van der Waals surface area contributed by atoms with Crippen LogP contribution in [0.1, 0.15) is 11.1 Å². The molecule has 0 fully saturated rings. The number of ether oxygens (including phenoxy) is 1. The number of hydrogen-bond acceptors (Lipinski definition) is 4. The average molecular weight is 351 g/mol. The Morgan fingerprint density at radius 3 is 2.76 bits per heavy atom. The molecule has 0 aliphatic carbocycles. The molecule has 0 saturated carbocycles. The minimum absolute atomic E-state index is 0.0229. The third kappa shape index (κ3) is 3.01. The van der Waals surface area contributed by atoms with Crippen LogP contribution >= 0.6 is 15.9 Å². The molecule has 0 heterocycles. The minimum atomic E-state index is -0.743. The molecule has 106 valence electrons. The topological polar surface area (TPSA) is 76.2 Å². The van der Waals surface area contributed by atoms with Gasteiger partial charge in [0.05, 0.1) is 4.92 Å². The van der Waals surface area contributed by atoms with Crippen LogP contribution in [0.15, 0.2) is 34.8 Å². The van der Waals surface area contributed by atoms with Gasteiger partial charge in [0.2, 0.25) is 5.75 Å². The molecule has 0 N–H and O–H groups in total. The first-order chi connectivity index (χ1) is 9.93. The molecule has 0 aromatic heterocycles. The van der Waals surface area contributed by atoms with Crippen LogP contribution < -0.4 is 4.74 Å². The fourth-order valence-corrected chi connectivity index (χ4v) is 2.35. The van der Waals surface area contributed by atoms with Gasteiger partial charge < -0.3 is 4.74 Å². The molecule has 0 aliphatic heterocycles. The number of hydrogen-bond donors (Lipinski definition) is 0. The summed E-state index contributed by atoms with van der Waals surface area (Å²) in [4.78, 5) is 10.5. The molecule has 0 aliphatic rings. The first kappa shape index (κ1) is 14.9. The summed E-state index contributed by atoms with van der Waals surface area (Å²) < 4.78 is 19.5. The number of benzene rings is 2. The van der Waals surface area contributed by atoms with Crippen molar-refractivity contribution in [3.05, 3.63) is 61.9 Å². The number of nitrogens with zero attached hydrogens (tertiary/aromatic N) is 2. The van der Waals surface area contributed by atoms with Crippen LogP contribution in [0.4, 0.5) is 10.1 Å². The standard InChI is InChI=1S/C14H8BrFN2O3/c1-8-5-9(15)6-12(18(19)20)14(8)21-13-4-2-3-11(16)10(13)7-17/h2-6H,1H3. The van der Waals surface area contributed by atoms with Crippen LogP contribution in [0.5, 0.6) is 11.5 Å². The zero-order chi connectivity index (χ0) is 15.6. The van der Waals surface area contributed by atoms with Gasteiger partial charge in [-0.25, -0.2) is 4.39 Å². The molecule has 2 aromatic rings. The predicted octanol–water partition coefficient (Wildman–Crippen LogP) is 4.47. The van der Waals surface area contributed by atoms with Crippen molar-refractivity contribution < 1.29 is 14.1 Å². The second-order valence-electron chi connectivity index (χ2n) is 4.15. The van der Waals surface area contributed by atoms with Gasteiger partial charge in [0.1, 0.15) is 23.2 Å². The van der Waals surface area contributed by atoms with E-state index in [0.29, 0.717) is 10.0 Å². The van der Waals surface area contributed by atoms with Crippen molar-refractivity contribution in [3.8, 4) is 17.6 Å². The lowest BCUT2D eigenvalue weighted by molar-refractivity contribution is -0.385. The van der Waals surface area contributed by atoms with Crippen molar-refractivity contribution in [3.63, 3.8) is 0 Å². The van der Waals surface area contributed by atoms with Gasteiger partial charge in [0.15, 0.2) is 0 Å². The number of nitro benzene ring substituents is 1. The highest BCUT2D eigenvalue weighted by Crippen LogP contribution is 2.38. The van der Waals surface area contributed by atoms with Gasteiger partial charge in [0.25, 0.3) is 0 Å². The Morgan fingerprint density at radius 1 is 1.43 bits per heavy atom. The summed E-state index contributed by atoms with van der Waals surface area (Å²) in [6.07, 6.45) is 0. The fraction of sp³-hybridized carbons (Fsp3) is 0.0714. The van der Waals surface area contributed by atoms with Gasteiger partial charge in [-0.3, -0.25) is 10.1 Å². The summed E-state index contributed by atoms with van der Waals surface area (Å²) >= 11 is 3.17. The van der Waals surface area contributed by atoms with Crippen molar-refractivity contribution in [2.75, 3.05) is 0 Å². The summed E-state index contributed by atoms with van der Waals surface area (Å²) in [6, 6.07) is 8.47. The molecule has 5 nitrogen and oxygen atoms in total. The molecular weight excluding hydrogens is 343 g/mol. The summed E-state index contributed by atoms with van der Waals surface area (Å²) in [5, 5.41) is 20.1. The summed E-state index contributed by atoms with van der Waals surface area (Å²) in [5.41, 5.74) is -0.0756. The van der Waals surface area contributed by atoms with Gasteiger partial charge in [-0.1, -0.05) is 22.0 Å². The highest BCUT2D eigenvalue weighted by molar-refractivity contribution is 9.10. The molecule has 0 saturated heterocycles. The highest BCUT2D eigenvalue weighted by Gasteiger charge is 2.21. The van der Waals surface area contributed by atoms with Crippen LogP contribution in [0.25, 0.3) is 0 Å². The predicted molar refractivity (Wildman–Crippen MR) is 76.7 cm³/mol. The van der Waals surface area contributed by atoms with Crippen LogP contribution in [-0.4, -0.2) is 4.92 Å². The largest absolute Gasteiger partial charge is 0.448 e. The van der Waals surface area contributed by atoms with E-state index in [2.05, 4.69) is 15.9 Å². The molecule has 2 rings (SSSR count). The lowest BCUT2D eigenvalue weighted by atomic mass is 10.1. The maximum Gasteiger partial charge on any atom is 0.312 e. The molecule has 7 heteroatoms. The second kappa shape index (κ2) is 5.89. The molecule has 0 spiro atoms. The third-order valence-electron chi connectivity index (χ3n) is 2.72. The number of nitriles is 1. The van der Waals surface area contributed by atoms with E-state index in [9.17, 15) is 14.5 Å². The van der Waals surface area contributed by atoms with Gasteiger partial charge in [-0.05, 0) is 30.7 Å². The number of rotatable bonds is 3. The Bertz CT molecular complexity index is 772. The fourth-order valence-electron chi connectivity index (χ4n) is 1.79. The third-order valence-corrected chi connectivity index (χ3v) is 3.17. The zero-order valence-corrected chi connectivity index (χ0v) is 12.3. The highest BCUT2D eigenvalue weighted by atomic mass is 79.9. The van der Waals surface area contributed by atoms with E-state index < -0.39 is 10.7 Å². The smallest absolute Gasteiger partial charge is 0.312 e. The van der Waals surface area contributed by atoms with Crippen LogP contribution in [-0.2, 0) is 0 Å². The molecule has 0 atom stereocenters. The molecule has 2 aromatic carbocycles. The van der Waals surface area contributed by atoms with Crippen LogP contribution in [0, 0.1) is 34.2 Å². The first-order valence-electron chi connectivity index (χ1n) is 5.75. The van der Waals surface area contributed by atoms with E-state index in [4.69, 9.17) is 10.00 Å². The van der Waals surface area contributed by atoms with E-state index in [0.717, 1.165) is 6.07 Å². The Hall–Kier alpha value is -2.46. The van der Waals surface area contributed by atoms with Gasteiger partial charge in [-0.15, -0.1) is 0 Å². The van der Waals surface area contributed by atoms with E-state index in [1.807, 2.05) is 0 Å². The SMILES string of the molecule is Cc1cc(Br)cc([N+](=O)[O-])c1Oc1cccc(F)c1C#N. The quantitative estimate of drug-likeness (QED) is 0.604. The number of halogens is 2. The summed E-state index contributed by atoms with van der Waals surface area (Å²) in [7, 11) is 0. The number of aryl methyl sites for hydroxylation is 1. The average Bonchev–Trinajstić information content (AvgIpc) is 2.41. The lowest BCUT2D eigenvalue weighted by Crippen LogP contribution is -1.98. The van der Waals surface area contributed by atoms with E-state index in [1.54, 1.807) is 19.1 Å². The molecular formula is C14H8BrFN2O3. The van der Waals surface area contributed by atoms with Crippen molar-refractivity contribution in [1.82, 2.24) is 0 Å². The van der Waals surface area contributed by atoms with E-state index in [-0.39, 0.29) is 22.7 Å². The van der Waals surface area contributed by atoms with Gasteiger partial charge in [0, 0.05) is 10.5 Å². The van der Waals surface area contributed by atoms with Crippen LogP contribution in [0.3, 0.4) is 0 Å². The Labute approximate surface area is 127 Å². The van der Waals surface area contributed by atoms with Gasteiger partial charge in [-0.2, -0.15) is 5.26 Å². The maximum absolute atomic E-state index is 13.5. The van der Waals surface area contributed by atoms with E-state index >= 15 is 0 Å². The van der Waals surface area contributed by atoms with Crippen molar-refractivity contribution in [2.24, 2.45) is 0 Å². The Morgan fingerprint density at radius 2 is 2.14 bits per heavy atom. The summed E-state index contributed by atoms with van der Waals surface area (Å²) in [6.45, 7) is 1.62. The summed E-state index contributed by atoms with van der Waals surface area (Å²) in [5.74, 6) is -0.830. The molecule has 0 radical (unpaired) electrons. The normalized spacial score (nSPS) is 10.0. The van der Waals surface area contributed by atoms with Crippen LogP contribution in [0.2, 0.25) is 0 Å². The van der Waals surface area contributed by atoms with Gasteiger partial charge >= 0.3 is 5.69 Å². The minimum Gasteiger partial charge on any atom is -0.448 e. The Kier molecular flexibility index (Phi) is 4.19. The monoisotopic (exact) mass is 350 g/mol. The van der Waals surface area contributed by atoms with Crippen molar-refractivity contribution in [2.45, 2.75) is 6.92 Å². The molecule has 0 unspecified atom stereocenters. The molecule has 21 heavy (non-hydrogen) atoms. The maximum atomic E-state index is 13.5. The van der Waals surface area contributed by atoms with Crippen molar-refractivity contribution in [1.29, 1.82) is 5.26 Å². The van der Waals surface area contributed by atoms with Crippen molar-refractivity contribution >= 4 is 21.6 Å². The lowest BCUT2D eigenvalue weighted by Gasteiger charge is -2.11. The molecule has 0 amide bonds.